The van der Waals surface area contributed by atoms with Crippen molar-refractivity contribution in [3.8, 4) is 11.5 Å². The van der Waals surface area contributed by atoms with E-state index < -0.39 is 0 Å². The van der Waals surface area contributed by atoms with Crippen molar-refractivity contribution >= 4 is 16.9 Å². The number of hydrogen-bond acceptors (Lipinski definition) is 5. The van der Waals surface area contributed by atoms with Gasteiger partial charge in [-0.25, -0.2) is 4.98 Å². The normalized spacial score (nSPS) is 10.6. The molecule has 2 aromatic carbocycles. The van der Waals surface area contributed by atoms with Crippen molar-refractivity contribution in [3.63, 3.8) is 0 Å². The molecule has 0 bridgehead atoms. The molecule has 0 aliphatic carbocycles. The molecule has 5 nitrogen and oxygen atoms in total. The molecular weight excluding hydrogens is 290 g/mol. The zero-order valence-corrected chi connectivity index (χ0v) is 13.5. The highest BCUT2D eigenvalue weighted by atomic mass is 16.5. The molecule has 0 aliphatic heterocycles. The number of methoxy groups -OCH3 is 2. The average Bonchev–Trinajstić information content (AvgIpc) is 2.61. The lowest BCUT2D eigenvalue weighted by molar-refractivity contribution is 0.354. The Morgan fingerprint density at radius 2 is 1.70 bits per heavy atom. The monoisotopic (exact) mass is 309 g/mol. The molecule has 0 atom stereocenters. The van der Waals surface area contributed by atoms with E-state index in [0.717, 1.165) is 33.9 Å². The van der Waals surface area contributed by atoms with E-state index in [4.69, 9.17) is 9.47 Å². The summed E-state index contributed by atoms with van der Waals surface area (Å²) in [6.45, 7) is 0.702. The van der Waals surface area contributed by atoms with Gasteiger partial charge < -0.3 is 14.4 Å². The second-order valence-electron chi connectivity index (χ2n) is 5.26. The molecule has 0 aliphatic rings. The standard InChI is InChI=1S/C18H19N3O2/c1-21(12-13-8-9-16(22-2)17(10-13)23-3)18-11-19-14-6-4-5-7-15(14)20-18/h4-11H,12H2,1-3H3. The molecule has 1 heterocycles. The molecule has 0 amide bonds. The molecule has 0 saturated carbocycles. The van der Waals surface area contributed by atoms with Crippen LogP contribution in [0, 0.1) is 0 Å². The summed E-state index contributed by atoms with van der Waals surface area (Å²) in [5, 5.41) is 0. The predicted molar refractivity (Wildman–Crippen MR) is 91.2 cm³/mol. The van der Waals surface area contributed by atoms with Gasteiger partial charge in [-0.2, -0.15) is 0 Å². The number of rotatable bonds is 5. The third-order valence-electron chi connectivity index (χ3n) is 3.69. The highest BCUT2D eigenvalue weighted by Gasteiger charge is 2.09. The Labute approximate surface area is 135 Å². The number of hydrogen-bond donors (Lipinski definition) is 0. The number of anilines is 1. The molecule has 23 heavy (non-hydrogen) atoms. The van der Waals surface area contributed by atoms with Crippen molar-refractivity contribution in [2.45, 2.75) is 6.54 Å². The van der Waals surface area contributed by atoms with Gasteiger partial charge in [0.05, 0.1) is 31.4 Å². The summed E-state index contributed by atoms with van der Waals surface area (Å²) in [6, 6.07) is 13.8. The highest BCUT2D eigenvalue weighted by Crippen LogP contribution is 2.28. The second-order valence-corrected chi connectivity index (χ2v) is 5.26. The maximum Gasteiger partial charge on any atom is 0.161 e. The first kappa shape index (κ1) is 15.1. The molecule has 0 spiro atoms. The molecule has 0 saturated heterocycles. The number of nitrogens with zero attached hydrogens (tertiary/aromatic N) is 3. The van der Waals surface area contributed by atoms with Crippen LogP contribution in [0.3, 0.4) is 0 Å². The SMILES string of the molecule is COc1ccc(CN(C)c2cnc3ccccc3n2)cc1OC. The fourth-order valence-corrected chi connectivity index (χ4v) is 2.47. The third kappa shape index (κ3) is 3.18. The van der Waals surface area contributed by atoms with E-state index in [1.54, 1.807) is 20.4 Å². The number of aromatic nitrogens is 2. The Balaban J connectivity index is 1.83. The van der Waals surface area contributed by atoms with Gasteiger partial charge in [0.1, 0.15) is 5.82 Å². The van der Waals surface area contributed by atoms with Crippen LogP contribution in [-0.4, -0.2) is 31.2 Å². The Kier molecular flexibility index (Phi) is 4.28. The van der Waals surface area contributed by atoms with Gasteiger partial charge in [-0.05, 0) is 29.8 Å². The molecule has 3 aromatic rings. The zero-order chi connectivity index (χ0) is 16.2. The maximum absolute atomic E-state index is 5.35. The van der Waals surface area contributed by atoms with E-state index in [1.807, 2.05) is 49.5 Å². The van der Waals surface area contributed by atoms with Crippen molar-refractivity contribution < 1.29 is 9.47 Å². The van der Waals surface area contributed by atoms with Gasteiger partial charge in [0.2, 0.25) is 0 Å². The topological polar surface area (TPSA) is 47.5 Å². The Hall–Kier alpha value is -2.82. The summed E-state index contributed by atoms with van der Waals surface area (Å²) >= 11 is 0. The lowest BCUT2D eigenvalue weighted by Crippen LogP contribution is -2.18. The van der Waals surface area contributed by atoms with Crippen LogP contribution in [0.5, 0.6) is 11.5 Å². The lowest BCUT2D eigenvalue weighted by Gasteiger charge is -2.19. The third-order valence-corrected chi connectivity index (χ3v) is 3.69. The Bertz CT molecular complexity index is 820. The van der Waals surface area contributed by atoms with E-state index in [0.29, 0.717) is 6.54 Å². The Morgan fingerprint density at radius 1 is 0.957 bits per heavy atom. The minimum absolute atomic E-state index is 0.702. The minimum atomic E-state index is 0.702. The van der Waals surface area contributed by atoms with Crippen LogP contribution < -0.4 is 14.4 Å². The summed E-state index contributed by atoms with van der Waals surface area (Å²) in [5.41, 5.74) is 2.90. The van der Waals surface area contributed by atoms with Crippen molar-refractivity contribution in [3.05, 3.63) is 54.2 Å². The van der Waals surface area contributed by atoms with Gasteiger partial charge in [-0.1, -0.05) is 18.2 Å². The molecule has 5 heteroatoms. The summed E-state index contributed by atoms with van der Waals surface area (Å²) in [7, 11) is 5.27. The fourth-order valence-electron chi connectivity index (χ4n) is 2.47. The van der Waals surface area contributed by atoms with Crippen molar-refractivity contribution in [2.24, 2.45) is 0 Å². The first-order valence-corrected chi connectivity index (χ1v) is 7.35. The molecular formula is C18H19N3O2. The minimum Gasteiger partial charge on any atom is -0.493 e. The largest absolute Gasteiger partial charge is 0.493 e. The van der Waals surface area contributed by atoms with Gasteiger partial charge in [0, 0.05) is 13.6 Å². The summed E-state index contributed by atoms with van der Waals surface area (Å²) < 4.78 is 10.6. The van der Waals surface area contributed by atoms with Crippen LogP contribution in [0.25, 0.3) is 11.0 Å². The molecule has 0 unspecified atom stereocenters. The van der Waals surface area contributed by atoms with E-state index in [1.165, 1.54) is 0 Å². The maximum atomic E-state index is 5.35. The average molecular weight is 309 g/mol. The first-order chi connectivity index (χ1) is 11.2. The zero-order valence-electron chi connectivity index (χ0n) is 13.5. The summed E-state index contributed by atoms with van der Waals surface area (Å²) in [4.78, 5) is 11.2. The number of ether oxygens (including phenoxy) is 2. The number of fused-ring (bicyclic) bond motifs is 1. The number of para-hydroxylation sites is 2. The first-order valence-electron chi connectivity index (χ1n) is 7.35. The lowest BCUT2D eigenvalue weighted by atomic mass is 10.2. The van der Waals surface area contributed by atoms with Gasteiger partial charge in [-0.15, -0.1) is 0 Å². The molecule has 0 fully saturated rings. The molecule has 0 N–H and O–H groups in total. The van der Waals surface area contributed by atoms with Crippen molar-refractivity contribution in [1.82, 2.24) is 9.97 Å². The Morgan fingerprint density at radius 3 is 2.43 bits per heavy atom. The van der Waals surface area contributed by atoms with E-state index in [2.05, 4.69) is 14.9 Å². The van der Waals surface area contributed by atoms with Crippen LogP contribution in [0.2, 0.25) is 0 Å². The fraction of sp³-hybridized carbons (Fsp3) is 0.222. The number of benzene rings is 2. The van der Waals surface area contributed by atoms with Gasteiger partial charge >= 0.3 is 0 Å². The van der Waals surface area contributed by atoms with Crippen LogP contribution in [0.4, 0.5) is 5.82 Å². The second kappa shape index (κ2) is 6.52. The van der Waals surface area contributed by atoms with Crippen LogP contribution in [0.1, 0.15) is 5.56 Å². The molecule has 3 rings (SSSR count). The van der Waals surface area contributed by atoms with Crippen LogP contribution in [-0.2, 0) is 6.54 Å². The molecule has 1 aromatic heterocycles. The molecule has 118 valence electrons. The quantitative estimate of drug-likeness (QED) is 0.724. The van der Waals surface area contributed by atoms with E-state index >= 15 is 0 Å². The van der Waals surface area contributed by atoms with E-state index in [9.17, 15) is 0 Å². The smallest absolute Gasteiger partial charge is 0.161 e. The highest BCUT2D eigenvalue weighted by molar-refractivity contribution is 5.75. The van der Waals surface area contributed by atoms with Crippen molar-refractivity contribution in [2.75, 3.05) is 26.2 Å². The van der Waals surface area contributed by atoms with Gasteiger partial charge in [-0.3, -0.25) is 4.98 Å². The van der Waals surface area contributed by atoms with Crippen LogP contribution >= 0.6 is 0 Å². The summed E-state index contributed by atoms with van der Waals surface area (Å²) in [6.07, 6.45) is 1.79. The van der Waals surface area contributed by atoms with Gasteiger partial charge in [0.15, 0.2) is 11.5 Å². The van der Waals surface area contributed by atoms with Gasteiger partial charge in [0.25, 0.3) is 0 Å². The summed E-state index contributed by atoms with van der Waals surface area (Å²) in [5.74, 6) is 2.28. The molecule has 0 radical (unpaired) electrons. The predicted octanol–water partition coefficient (Wildman–Crippen LogP) is 3.28. The van der Waals surface area contributed by atoms with E-state index in [-0.39, 0.29) is 0 Å². The van der Waals surface area contributed by atoms with Crippen LogP contribution in [0.15, 0.2) is 48.7 Å². The van der Waals surface area contributed by atoms with Crippen molar-refractivity contribution in [1.29, 1.82) is 0 Å².